The quantitative estimate of drug-likeness (QED) is 0.579. The topological polar surface area (TPSA) is 12.0 Å². The summed E-state index contributed by atoms with van der Waals surface area (Å²) in [4.78, 5) is 0. The Labute approximate surface area is 115 Å². The summed E-state index contributed by atoms with van der Waals surface area (Å²) in [7, 11) is 0. The van der Waals surface area contributed by atoms with Crippen molar-refractivity contribution in [3.8, 4) is 0 Å². The highest BCUT2D eigenvalue weighted by Gasteiger charge is 2.19. The van der Waals surface area contributed by atoms with Crippen LogP contribution in [0.15, 0.2) is 0 Å². The lowest BCUT2D eigenvalue weighted by molar-refractivity contribution is 0.350. The largest absolute Gasteiger partial charge is 0.311 e. The molecule has 0 spiro atoms. The molecule has 0 bridgehead atoms. The third kappa shape index (κ3) is 6.22. The normalized spacial score (nSPS) is 26.8. The maximum Gasteiger partial charge on any atom is 0.00697 e. The van der Waals surface area contributed by atoms with Crippen LogP contribution in [-0.2, 0) is 0 Å². The van der Waals surface area contributed by atoms with Gasteiger partial charge in [-0.25, -0.2) is 0 Å². The van der Waals surface area contributed by atoms with Gasteiger partial charge in [-0.2, -0.15) is 0 Å². The molecule has 0 aromatic carbocycles. The average molecular weight is 253 g/mol. The Morgan fingerprint density at radius 2 is 1.78 bits per heavy atom. The first-order chi connectivity index (χ1) is 8.80. The van der Waals surface area contributed by atoms with Gasteiger partial charge < -0.3 is 5.32 Å². The second-order valence-electron chi connectivity index (χ2n) is 6.27. The molecule has 1 rings (SSSR count). The molecule has 1 aliphatic rings. The average Bonchev–Trinajstić information content (AvgIpc) is 2.61. The van der Waals surface area contributed by atoms with Gasteiger partial charge in [-0.1, -0.05) is 59.3 Å². The third-order valence-corrected chi connectivity index (χ3v) is 4.68. The van der Waals surface area contributed by atoms with Crippen molar-refractivity contribution in [3.05, 3.63) is 0 Å². The Morgan fingerprint density at radius 3 is 2.44 bits per heavy atom. The molecule has 0 radical (unpaired) electrons. The van der Waals surface area contributed by atoms with Gasteiger partial charge in [0.2, 0.25) is 0 Å². The molecule has 0 heterocycles. The maximum absolute atomic E-state index is 3.98. The fourth-order valence-corrected chi connectivity index (χ4v) is 3.40. The van der Waals surface area contributed by atoms with Gasteiger partial charge >= 0.3 is 0 Å². The van der Waals surface area contributed by atoms with Crippen molar-refractivity contribution in [2.75, 3.05) is 0 Å². The van der Waals surface area contributed by atoms with Gasteiger partial charge in [0.1, 0.15) is 0 Å². The molecule has 0 saturated heterocycles. The van der Waals surface area contributed by atoms with Crippen molar-refractivity contribution in [1.82, 2.24) is 5.32 Å². The molecule has 3 atom stereocenters. The van der Waals surface area contributed by atoms with Gasteiger partial charge in [0.05, 0.1) is 0 Å². The van der Waals surface area contributed by atoms with Gasteiger partial charge in [-0.15, -0.1) is 0 Å². The highest BCUT2D eigenvalue weighted by atomic mass is 14.9. The molecule has 1 nitrogen and oxygen atoms in total. The summed E-state index contributed by atoms with van der Waals surface area (Å²) < 4.78 is 0. The van der Waals surface area contributed by atoms with E-state index in [0.29, 0.717) is 0 Å². The molecule has 0 amide bonds. The minimum atomic E-state index is 0.790. The maximum atomic E-state index is 3.98. The fourth-order valence-electron chi connectivity index (χ4n) is 3.40. The van der Waals surface area contributed by atoms with E-state index in [1.165, 1.54) is 70.6 Å². The van der Waals surface area contributed by atoms with Crippen molar-refractivity contribution in [1.29, 1.82) is 0 Å². The van der Waals surface area contributed by atoms with E-state index in [0.717, 1.165) is 18.0 Å². The third-order valence-electron chi connectivity index (χ3n) is 4.68. The first-order valence-electron chi connectivity index (χ1n) is 8.56. The molecule has 3 unspecified atom stereocenters. The second-order valence-corrected chi connectivity index (χ2v) is 6.27. The van der Waals surface area contributed by atoms with Crippen molar-refractivity contribution in [3.63, 3.8) is 0 Å². The predicted octanol–water partition coefficient (Wildman–Crippen LogP) is 5.29. The minimum Gasteiger partial charge on any atom is -0.311 e. The number of unbranched alkanes of at least 4 members (excludes halogenated alkanes) is 1. The van der Waals surface area contributed by atoms with Crippen LogP contribution in [0.25, 0.3) is 0 Å². The van der Waals surface area contributed by atoms with Crippen LogP contribution in [-0.4, -0.2) is 12.1 Å². The molecule has 1 fully saturated rings. The number of hydrogen-bond acceptors (Lipinski definition) is 1. The summed E-state index contributed by atoms with van der Waals surface area (Å²) in [5.74, 6) is 1.01. The molecule has 1 N–H and O–H groups in total. The monoisotopic (exact) mass is 253 g/mol. The van der Waals surface area contributed by atoms with E-state index in [2.05, 4.69) is 26.1 Å². The second kappa shape index (κ2) is 9.83. The van der Waals surface area contributed by atoms with Crippen molar-refractivity contribution in [2.24, 2.45) is 5.92 Å². The van der Waals surface area contributed by atoms with Gasteiger partial charge in [-0.3, -0.25) is 0 Å². The molecule has 1 saturated carbocycles. The SMILES string of the molecule is CCCCC(CCC)NC1CCCC(CC)CC1. The van der Waals surface area contributed by atoms with Crippen molar-refractivity contribution >= 4 is 0 Å². The van der Waals surface area contributed by atoms with Crippen LogP contribution in [0.4, 0.5) is 0 Å². The summed E-state index contributed by atoms with van der Waals surface area (Å²) >= 11 is 0. The summed E-state index contributed by atoms with van der Waals surface area (Å²) in [5, 5.41) is 3.98. The van der Waals surface area contributed by atoms with E-state index in [4.69, 9.17) is 0 Å². The number of hydrogen-bond donors (Lipinski definition) is 1. The van der Waals surface area contributed by atoms with Crippen LogP contribution in [0.2, 0.25) is 0 Å². The van der Waals surface area contributed by atoms with Crippen LogP contribution < -0.4 is 5.32 Å². The van der Waals surface area contributed by atoms with E-state index in [1.807, 2.05) is 0 Å². The zero-order valence-electron chi connectivity index (χ0n) is 13.0. The van der Waals surface area contributed by atoms with Crippen molar-refractivity contribution in [2.45, 2.75) is 103 Å². The number of nitrogens with one attached hydrogen (secondary N) is 1. The summed E-state index contributed by atoms with van der Waals surface area (Å²) in [6, 6.07) is 1.60. The minimum absolute atomic E-state index is 0.790. The van der Waals surface area contributed by atoms with Gasteiger partial charge in [0.15, 0.2) is 0 Å². The van der Waals surface area contributed by atoms with E-state index in [-0.39, 0.29) is 0 Å². The Hall–Kier alpha value is -0.0400. The summed E-state index contributed by atoms with van der Waals surface area (Å²) in [6.07, 6.45) is 15.4. The standard InChI is InChI=1S/C17H35N/c1-4-7-11-16(9-5-2)18-17-12-8-10-15(6-3)13-14-17/h15-18H,4-14H2,1-3H3. The molecular weight excluding hydrogens is 218 g/mol. The molecular formula is C17H35N. The molecule has 0 aliphatic heterocycles. The smallest absolute Gasteiger partial charge is 0.00697 e. The van der Waals surface area contributed by atoms with Gasteiger partial charge in [-0.05, 0) is 38.0 Å². The van der Waals surface area contributed by atoms with Crippen LogP contribution in [0.5, 0.6) is 0 Å². The van der Waals surface area contributed by atoms with E-state index >= 15 is 0 Å². The van der Waals surface area contributed by atoms with E-state index < -0.39 is 0 Å². The van der Waals surface area contributed by atoms with Gasteiger partial charge in [0, 0.05) is 12.1 Å². The lowest BCUT2D eigenvalue weighted by atomic mass is 9.97. The Morgan fingerprint density at radius 1 is 0.944 bits per heavy atom. The van der Waals surface area contributed by atoms with Crippen LogP contribution in [0.1, 0.15) is 91.4 Å². The fraction of sp³-hybridized carbons (Fsp3) is 1.00. The zero-order valence-corrected chi connectivity index (χ0v) is 13.0. The Kier molecular flexibility index (Phi) is 8.75. The zero-order chi connectivity index (χ0) is 13.2. The Bertz CT molecular complexity index is 190. The van der Waals surface area contributed by atoms with Crippen LogP contribution in [0.3, 0.4) is 0 Å². The first kappa shape index (κ1) is 16.0. The lowest BCUT2D eigenvalue weighted by Gasteiger charge is -2.25. The highest BCUT2D eigenvalue weighted by Crippen LogP contribution is 2.26. The summed E-state index contributed by atoms with van der Waals surface area (Å²) in [5.41, 5.74) is 0. The summed E-state index contributed by atoms with van der Waals surface area (Å²) in [6.45, 7) is 6.99. The van der Waals surface area contributed by atoms with Crippen LogP contribution in [0, 0.1) is 5.92 Å². The van der Waals surface area contributed by atoms with Crippen molar-refractivity contribution < 1.29 is 0 Å². The molecule has 18 heavy (non-hydrogen) atoms. The van der Waals surface area contributed by atoms with E-state index in [1.54, 1.807) is 0 Å². The molecule has 0 aromatic heterocycles. The highest BCUT2D eigenvalue weighted by molar-refractivity contribution is 4.78. The first-order valence-corrected chi connectivity index (χ1v) is 8.56. The van der Waals surface area contributed by atoms with Crippen LogP contribution >= 0.6 is 0 Å². The number of rotatable bonds is 8. The molecule has 0 aromatic rings. The predicted molar refractivity (Wildman–Crippen MR) is 82.0 cm³/mol. The van der Waals surface area contributed by atoms with E-state index in [9.17, 15) is 0 Å². The molecule has 1 heteroatoms. The Balaban J connectivity index is 2.32. The molecule has 108 valence electrons. The van der Waals surface area contributed by atoms with Gasteiger partial charge in [0.25, 0.3) is 0 Å². The lowest BCUT2D eigenvalue weighted by Crippen LogP contribution is -2.38. The molecule has 1 aliphatic carbocycles.